The zero-order valence-electron chi connectivity index (χ0n) is 16.1. The standard InChI is InChI=1S/C20H31BrN2O3/c1-20(2,3)26-19(24)22-15-16-9-12-23(13-10-16)11-6-14-25-18-8-5-4-7-17(18)21/h4-5,7-8,16H,6,9-15H2,1-3H3,(H,22,24). The van der Waals surface area contributed by atoms with Crippen LogP contribution in [-0.2, 0) is 4.74 Å². The molecule has 6 heteroatoms. The molecule has 1 saturated heterocycles. The van der Waals surface area contributed by atoms with E-state index in [1.807, 2.05) is 45.0 Å². The predicted molar refractivity (Wildman–Crippen MR) is 108 cm³/mol. The molecule has 1 aromatic rings. The Labute approximate surface area is 165 Å². The lowest BCUT2D eigenvalue weighted by molar-refractivity contribution is 0.0509. The molecule has 0 unspecified atom stereocenters. The van der Waals surface area contributed by atoms with Crippen LogP contribution in [0.1, 0.15) is 40.0 Å². The number of alkyl carbamates (subject to hydrolysis) is 1. The smallest absolute Gasteiger partial charge is 0.407 e. The Balaban J connectivity index is 1.56. The second kappa shape index (κ2) is 10.2. The van der Waals surface area contributed by atoms with Crippen LogP contribution in [0.15, 0.2) is 28.7 Å². The highest BCUT2D eigenvalue weighted by molar-refractivity contribution is 9.10. The van der Waals surface area contributed by atoms with Gasteiger partial charge in [-0.3, -0.25) is 0 Å². The van der Waals surface area contributed by atoms with Crippen LogP contribution in [0, 0.1) is 5.92 Å². The summed E-state index contributed by atoms with van der Waals surface area (Å²) in [5, 5.41) is 2.90. The first-order valence-electron chi connectivity index (χ1n) is 9.40. The monoisotopic (exact) mass is 426 g/mol. The van der Waals surface area contributed by atoms with E-state index in [0.29, 0.717) is 12.5 Å². The van der Waals surface area contributed by atoms with E-state index in [0.717, 1.165) is 55.7 Å². The number of likely N-dealkylation sites (tertiary alicyclic amines) is 1. The molecule has 1 fully saturated rings. The number of nitrogens with zero attached hydrogens (tertiary/aromatic N) is 1. The molecule has 0 aliphatic carbocycles. The average molecular weight is 427 g/mol. The number of hydrogen-bond donors (Lipinski definition) is 1. The third-order valence-electron chi connectivity index (χ3n) is 4.35. The highest BCUT2D eigenvalue weighted by Crippen LogP contribution is 2.24. The van der Waals surface area contributed by atoms with Gasteiger partial charge in [-0.2, -0.15) is 0 Å². The third-order valence-corrected chi connectivity index (χ3v) is 5.01. The lowest BCUT2D eigenvalue weighted by Crippen LogP contribution is -2.40. The van der Waals surface area contributed by atoms with Crippen molar-refractivity contribution in [1.82, 2.24) is 10.2 Å². The Hall–Kier alpha value is -1.27. The van der Waals surface area contributed by atoms with Crippen molar-refractivity contribution < 1.29 is 14.3 Å². The van der Waals surface area contributed by atoms with Crippen LogP contribution in [0.2, 0.25) is 0 Å². The van der Waals surface area contributed by atoms with Gasteiger partial charge in [0, 0.05) is 13.1 Å². The number of carbonyl (C=O) groups is 1. The van der Waals surface area contributed by atoms with Crippen LogP contribution in [0.3, 0.4) is 0 Å². The van der Waals surface area contributed by atoms with Gasteiger partial charge < -0.3 is 19.7 Å². The van der Waals surface area contributed by atoms with Crippen LogP contribution >= 0.6 is 15.9 Å². The first-order chi connectivity index (χ1) is 12.3. The molecule has 0 bridgehead atoms. The fourth-order valence-corrected chi connectivity index (χ4v) is 3.39. The zero-order valence-corrected chi connectivity index (χ0v) is 17.7. The number of rotatable bonds is 7. The quantitative estimate of drug-likeness (QED) is 0.653. The number of para-hydroxylation sites is 1. The van der Waals surface area contributed by atoms with Crippen molar-refractivity contribution in [3.05, 3.63) is 28.7 Å². The lowest BCUT2D eigenvalue weighted by Gasteiger charge is -2.32. The van der Waals surface area contributed by atoms with E-state index >= 15 is 0 Å². The zero-order chi connectivity index (χ0) is 19.0. The molecule has 2 rings (SSSR count). The van der Waals surface area contributed by atoms with Gasteiger partial charge in [0.25, 0.3) is 0 Å². The number of piperidine rings is 1. The molecule has 5 nitrogen and oxygen atoms in total. The number of amides is 1. The van der Waals surface area contributed by atoms with E-state index in [2.05, 4.69) is 26.1 Å². The van der Waals surface area contributed by atoms with Crippen molar-refractivity contribution in [2.45, 2.75) is 45.6 Å². The molecule has 1 heterocycles. The first-order valence-corrected chi connectivity index (χ1v) is 10.2. The van der Waals surface area contributed by atoms with Gasteiger partial charge in [0.1, 0.15) is 11.4 Å². The highest BCUT2D eigenvalue weighted by atomic mass is 79.9. The summed E-state index contributed by atoms with van der Waals surface area (Å²) in [5.74, 6) is 1.44. The Bertz CT molecular complexity index is 566. The van der Waals surface area contributed by atoms with Crippen LogP contribution in [0.4, 0.5) is 4.79 Å². The summed E-state index contributed by atoms with van der Waals surface area (Å²) in [7, 11) is 0. The van der Waals surface area contributed by atoms with Crippen molar-refractivity contribution in [1.29, 1.82) is 0 Å². The first kappa shape index (κ1) is 21.0. The Morgan fingerprint density at radius 2 is 1.96 bits per heavy atom. The summed E-state index contributed by atoms with van der Waals surface area (Å²) in [4.78, 5) is 14.2. The summed E-state index contributed by atoms with van der Waals surface area (Å²) < 4.78 is 12.1. The predicted octanol–water partition coefficient (Wildman–Crippen LogP) is 4.45. The number of benzene rings is 1. The number of hydrogen-bond acceptors (Lipinski definition) is 4. The number of carbonyl (C=O) groups excluding carboxylic acids is 1. The van der Waals surface area contributed by atoms with Crippen LogP contribution in [0.25, 0.3) is 0 Å². The highest BCUT2D eigenvalue weighted by Gasteiger charge is 2.21. The summed E-state index contributed by atoms with van der Waals surface area (Å²) >= 11 is 3.50. The number of halogens is 1. The van der Waals surface area contributed by atoms with Gasteiger partial charge in [0.2, 0.25) is 0 Å². The van der Waals surface area contributed by atoms with Crippen LogP contribution in [-0.4, -0.2) is 49.4 Å². The minimum Gasteiger partial charge on any atom is -0.492 e. The number of ether oxygens (including phenoxy) is 2. The molecular formula is C20H31BrN2O3. The fourth-order valence-electron chi connectivity index (χ4n) is 2.99. The lowest BCUT2D eigenvalue weighted by atomic mass is 9.97. The molecule has 1 aromatic carbocycles. The summed E-state index contributed by atoms with van der Waals surface area (Å²) in [5.41, 5.74) is -0.440. The molecule has 1 aliphatic heterocycles. The van der Waals surface area contributed by atoms with Gasteiger partial charge in [-0.15, -0.1) is 0 Å². The maximum Gasteiger partial charge on any atom is 0.407 e. The molecule has 1 aliphatic rings. The summed E-state index contributed by atoms with van der Waals surface area (Å²) in [6.45, 7) is 10.3. The molecule has 0 aromatic heterocycles. The maximum atomic E-state index is 11.7. The molecule has 0 saturated carbocycles. The molecule has 1 amide bonds. The van der Waals surface area contributed by atoms with Gasteiger partial charge >= 0.3 is 6.09 Å². The topological polar surface area (TPSA) is 50.8 Å². The SMILES string of the molecule is CC(C)(C)OC(=O)NCC1CCN(CCCOc2ccccc2Br)CC1. The normalized spacial score (nSPS) is 16.3. The summed E-state index contributed by atoms with van der Waals surface area (Å²) in [6, 6.07) is 7.94. The third kappa shape index (κ3) is 7.96. The van der Waals surface area contributed by atoms with Crippen molar-refractivity contribution >= 4 is 22.0 Å². The van der Waals surface area contributed by atoms with Gasteiger partial charge in [-0.25, -0.2) is 4.79 Å². The van der Waals surface area contributed by atoms with Gasteiger partial charge in [-0.05, 0) is 87.1 Å². The van der Waals surface area contributed by atoms with E-state index in [1.54, 1.807) is 0 Å². The molecular weight excluding hydrogens is 396 g/mol. The molecule has 0 radical (unpaired) electrons. The van der Waals surface area contributed by atoms with Crippen LogP contribution < -0.4 is 10.1 Å². The van der Waals surface area contributed by atoms with Crippen molar-refractivity contribution in [3.63, 3.8) is 0 Å². The van der Waals surface area contributed by atoms with Gasteiger partial charge in [-0.1, -0.05) is 12.1 Å². The Morgan fingerprint density at radius 1 is 1.27 bits per heavy atom. The van der Waals surface area contributed by atoms with E-state index in [-0.39, 0.29) is 6.09 Å². The minimum atomic E-state index is -0.440. The van der Waals surface area contributed by atoms with Crippen molar-refractivity contribution in [2.75, 3.05) is 32.8 Å². The molecule has 0 atom stereocenters. The van der Waals surface area contributed by atoms with Gasteiger partial charge in [0.05, 0.1) is 11.1 Å². The van der Waals surface area contributed by atoms with Crippen molar-refractivity contribution in [3.8, 4) is 5.75 Å². The molecule has 26 heavy (non-hydrogen) atoms. The maximum absolute atomic E-state index is 11.7. The fraction of sp³-hybridized carbons (Fsp3) is 0.650. The largest absolute Gasteiger partial charge is 0.492 e. The van der Waals surface area contributed by atoms with E-state index in [9.17, 15) is 4.79 Å². The second-order valence-electron chi connectivity index (χ2n) is 7.80. The Kier molecular flexibility index (Phi) is 8.22. The van der Waals surface area contributed by atoms with E-state index in [1.165, 1.54) is 0 Å². The second-order valence-corrected chi connectivity index (χ2v) is 8.65. The Morgan fingerprint density at radius 3 is 2.62 bits per heavy atom. The van der Waals surface area contributed by atoms with Crippen LogP contribution in [0.5, 0.6) is 5.75 Å². The molecule has 0 spiro atoms. The van der Waals surface area contributed by atoms with E-state index < -0.39 is 5.60 Å². The van der Waals surface area contributed by atoms with Gasteiger partial charge in [0.15, 0.2) is 0 Å². The molecule has 146 valence electrons. The minimum absolute atomic E-state index is 0.316. The number of nitrogens with one attached hydrogen (secondary N) is 1. The molecule has 1 N–H and O–H groups in total. The van der Waals surface area contributed by atoms with E-state index in [4.69, 9.17) is 9.47 Å². The van der Waals surface area contributed by atoms with Crippen molar-refractivity contribution in [2.24, 2.45) is 5.92 Å². The average Bonchev–Trinajstić information content (AvgIpc) is 2.58. The summed E-state index contributed by atoms with van der Waals surface area (Å²) in [6.07, 6.45) is 2.92.